The van der Waals surface area contributed by atoms with Crippen LogP contribution in [0.15, 0.2) is 60.8 Å². The zero-order valence-corrected chi connectivity index (χ0v) is 14.7. The van der Waals surface area contributed by atoms with Crippen molar-refractivity contribution < 1.29 is 4.79 Å². The maximum Gasteiger partial charge on any atom is 0.248 e. The zero-order valence-electron chi connectivity index (χ0n) is 14.7. The van der Waals surface area contributed by atoms with Gasteiger partial charge in [0, 0.05) is 11.7 Å². The van der Waals surface area contributed by atoms with E-state index in [1.807, 2.05) is 57.3 Å². The van der Waals surface area contributed by atoms with Crippen molar-refractivity contribution in [2.75, 3.05) is 0 Å². The number of nitrogens with zero attached hydrogens (tertiary/aromatic N) is 1. The lowest BCUT2D eigenvalue weighted by atomic mass is 10.0. The fourth-order valence-electron chi connectivity index (χ4n) is 3.13. The van der Waals surface area contributed by atoms with Crippen molar-refractivity contribution in [2.45, 2.75) is 39.3 Å². The normalized spacial score (nSPS) is 13.0. The predicted molar refractivity (Wildman–Crippen MR) is 99.2 cm³/mol. The minimum absolute atomic E-state index is 0.00875. The second-order valence-electron chi connectivity index (χ2n) is 7.29. The molecule has 1 atom stereocenters. The molecule has 3 heteroatoms. The van der Waals surface area contributed by atoms with Crippen LogP contribution >= 0.6 is 0 Å². The van der Waals surface area contributed by atoms with Gasteiger partial charge in [-0.2, -0.15) is 0 Å². The van der Waals surface area contributed by atoms with Crippen LogP contribution in [0.5, 0.6) is 0 Å². The highest BCUT2D eigenvalue weighted by molar-refractivity contribution is 5.89. The summed E-state index contributed by atoms with van der Waals surface area (Å²) < 4.78 is 2.08. The van der Waals surface area contributed by atoms with E-state index >= 15 is 0 Å². The van der Waals surface area contributed by atoms with Crippen LogP contribution in [0, 0.1) is 6.92 Å². The van der Waals surface area contributed by atoms with Gasteiger partial charge in [-0.15, -0.1) is 0 Å². The fourth-order valence-corrected chi connectivity index (χ4v) is 3.13. The number of rotatable bonds is 3. The molecule has 0 aliphatic carbocycles. The molecule has 0 saturated heterocycles. The lowest BCUT2D eigenvalue weighted by Crippen LogP contribution is -2.44. The van der Waals surface area contributed by atoms with Crippen LogP contribution in [0.2, 0.25) is 0 Å². The molecule has 0 radical (unpaired) electrons. The smallest absolute Gasteiger partial charge is 0.248 e. The third-order valence-electron chi connectivity index (χ3n) is 4.08. The molecule has 1 N–H and O–H groups in total. The van der Waals surface area contributed by atoms with Gasteiger partial charge in [-0.3, -0.25) is 4.79 Å². The van der Waals surface area contributed by atoms with Gasteiger partial charge in [-0.1, -0.05) is 48.5 Å². The number of para-hydroxylation sites is 1. The van der Waals surface area contributed by atoms with Gasteiger partial charge in [-0.25, -0.2) is 0 Å². The minimum atomic E-state index is -0.385. The summed E-state index contributed by atoms with van der Waals surface area (Å²) in [7, 11) is 0. The average Bonchev–Trinajstić information content (AvgIpc) is 2.92. The molecule has 3 aromatic rings. The standard InChI is InChI=1S/C21H24N2O/c1-15-9-8-12-17-13-14-23(18(15)17)19(16-10-6-5-7-11-16)20(24)22-21(2,3)4/h5-14,19H,1-4H3,(H,22,24). The number of nitrogens with one attached hydrogen (secondary N) is 1. The van der Waals surface area contributed by atoms with Gasteiger partial charge in [0.05, 0.1) is 5.52 Å². The molecule has 0 saturated carbocycles. The summed E-state index contributed by atoms with van der Waals surface area (Å²) in [4.78, 5) is 13.1. The number of fused-ring (bicyclic) bond motifs is 1. The molecule has 124 valence electrons. The van der Waals surface area contributed by atoms with E-state index in [0.717, 1.165) is 16.5 Å². The number of hydrogen-bond donors (Lipinski definition) is 1. The Morgan fingerprint density at radius 2 is 1.71 bits per heavy atom. The summed E-state index contributed by atoms with van der Waals surface area (Å²) >= 11 is 0. The molecule has 1 unspecified atom stereocenters. The highest BCUT2D eigenvalue weighted by atomic mass is 16.2. The highest BCUT2D eigenvalue weighted by Crippen LogP contribution is 2.28. The van der Waals surface area contributed by atoms with Gasteiger partial charge in [0.1, 0.15) is 6.04 Å². The molecule has 0 aliphatic heterocycles. The van der Waals surface area contributed by atoms with Crippen LogP contribution < -0.4 is 5.32 Å². The van der Waals surface area contributed by atoms with E-state index in [1.165, 1.54) is 5.56 Å². The first-order chi connectivity index (χ1) is 11.4. The van der Waals surface area contributed by atoms with Gasteiger partial charge in [0.25, 0.3) is 0 Å². The van der Waals surface area contributed by atoms with Crippen molar-refractivity contribution in [1.29, 1.82) is 0 Å². The first-order valence-corrected chi connectivity index (χ1v) is 8.30. The van der Waals surface area contributed by atoms with E-state index in [2.05, 4.69) is 41.1 Å². The molecule has 1 aromatic heterocycles. The third kappa shape index (κ3) is 3.21. The lowest BCUT2D eigenvalue weighted by molar-refractivity contribution is -0.124. The van der Waals surface area contributed by atoms with E-state index in [1.54, 1.807) is 0 Å². The molecular weight excluding hydrogens is 296 g/mol. The number of carbonyl (C=O) groups excluding carboxylic acids is 1. The first kappa shape index (κ1) is 16.3. The predicted octanol–water partition coefficient (Wildman–Crippen LogP) is 4.45. The second kappa shape index (κ2) is 6.16. The summed E-state index contributed by atoms with van der Waals surface area (Å²) in [6.07, 6.45) is 2.01. The van der Waals surface area contributed by atoms with E-state index < -0.39 is 0 Å². The quantitative estimate of drug-likeness (QED) is 0.760. The molecule has 0 aliphatic rings. The van der Waals surface area contributed by atoms with Crippen molar-refractivity contribution in [3.05, 3.63) is 71.9 Å². The highest BCUT2D eigenvalue weighted by Gasteiger charge is 2.27. The Hall–Kier alpha value is -2.55. The summed E-state index contributed by atoms with van der Waals surface area (Å²) in [5.41, 5.74) is 2.99. The molecule has 2 aromatic carbocycles. The molecule has 3 nitrogen and oxygen atoms in total. The van der Waals surface area contributed by atoms with Gasteiger partial charge >= 0.3 is 0 Å². The second-order valence-corrected chi connectivity index (χ2v) is 7.29. The topological polar surface area (TPSA) is 34.0 Å². The fraction of sp³-hybridized carbons (Fsp3) is 0.286. The average molecular weight is 320 g/mol. The summed E-state index contributed by atoms with van der Waals surface area (Å²) in [6, 6.07) is 17.9. The van der Waals surface area contributed by atoms with Gasteiger partial charge < -0.3 is 9.88 Å². The van der Waals surface area contributed by atoms with Crippen LogP contribution in [-0.2, 0) is 4.79 Å². The van der Waals surface area contributed by atoms with E-state index in [4.69, 9.17) is 0 Å². The largest absolute Gasteiger partial charge is 0.349 e. The Morgan fingerprint density at radius 3 is 2.38 bits per heavy atom. The number of benzene rings is 2. The number of aryl methyl sites for hydroxylation is 1. The Bertz CT molecular complexity index is 856. The van der Waals surface area contributed by atoms with Crippen LogP contribution in [0.25, 0.3) is 10.9 Å². The Labute approximate surface area is 143 Å². The number of aromatic nitrogens is 1. The molecule has 1 amide bonds. The van der Waals surface area contributed by atoms with Crippen molar-refractivity contribution in [3.8, 4) is 0 Å². The summed E-state index contributed by atoms with van der Waals surface area (Å²) in [5.74, 6) is 0.00875. The van der Waals surface area contributed by atoms with Gasteiger partial charge in [0.15, 0.2) is 0 Å². The van der Waals surface area contributed by atoms with E-state index in [-0.39, 0.29) is 17.5 Å². The maximum atomic E-state index is 13.1. The van der Waals surface area contributed by atoms with Crippen LogP contribution in [0.3, 0.4) is 0 Å². The van der Waals surface area contributed by atoms with Gasteiger partial charge in [-0.05, 0) is 50.3 Å². The first-order valence-electron chi connectivity index (χ1n) is 8.30. The summed E-state index contributed by atoms with van der Waals surface area (Å²) in [5, 5.41) is 4.28. The van der Waals surface area contributed by atoms with Crippen LogP contribution in [-0.4, -0.2) is 16.0 Å². The maximum absolute atomic E-state index is 13.1. The SMILES string of the molecule is Cc1cccc2ccn(C(C(=O)NC(C)(C)C)c3ccccc3)c12. The monoisotopic (exact) mass is 320 g/mol. The summed E-state index contributed by atoms with van der Waals surface area (Å²) in [6.45, 7) is 8.10. The molecule has 0 spiro atoms. The zero-order chi connectivity index (χ0) is 17.3. The van der Waals surface area contributed by atoms with Crippen molar-refractivity contribution >= 4 is 16.8 Å². The van der Waals surface area contributed by atoms with Crippen LogP contribution in [0.1, 0.15) is 37.9 Å². The number of amides is 1. The molecule has 0 fully saturated rings. The van der Waals surface area contributed by atoms with Crippen LogP contribution in [0.4, 0.5) is 0 Å². The third-order valence-corrected chi connectivity index (χ3v) is 4.08. The molecule has 24 heavy (non-hydrogen) atoms. The van der Waals surface area contributed by atoms with Gasteiger partial charge in [0.2, 0.25) is 5.91 Å². The van der Waals surface area contributed by atoms with Crippen molar-refractivity contribution in [3.63, 3.8) is 0 Å². The number of carbonyl (C=O) groups is 1. The lowest BCUT2D eigenvalue weighted by Gasteiger charge is -2.27. The van der Waals surface area contributed by atoms with E-state index in [0.29, 0.717) is 0 Å². The molecule has 0 bridgehead atoms. The van der Waals surface area contributed by atoms with Crippen molar-refractivity contribution in [1.82, 2.24) is 9.88 Å². The van der Waals surface area contributed by atoms with E-state index in [9.17, 15) is 4.79 Å². The Morgan fingerprint density at radius 1 is 1.00 bits per heavy atom. The molecule has 3 rings (SSSR count). The molecular formula is C21H24N2O. The molecule has 1 heterocycles. The Kier molecular flexibility index (Phi) is 4.18. The number of hydrogen-bond acceptors (Lipinski definition) is 1. The van der Waals surface area contributed by atoms with Crippen molar-refractivity contribution in [2.24, 2.45) is 0 Å². The Balaban J connectivity index is 2.16. The minimum Gasteiger partial charge on any atom is -0.349 e.